The molecule has 0 saturated heterocycles. The first-order chi connectivity index (χ1) is 35.3. The predicted octanol–water partition coefficient (Wildman–Crippen LogP) is 16.0. The Labute approximate surface area is 461 Å². The Morgan fingerprint density at radius 3 is 0.636 bits per heavy atom. The zero-order chi connectivity index (χ0) is 57.3. The summed E-state index contributed by atoms with van der Waals surface area (Å²) in [4.78, 5) is 13.9. The second-order valence-corrected chi connectivity index (χ2v) is 28.5. The van der Waals surface area contributed by atoms with Crippen molar-refractivity contribution < 1.29 is 35.1 Å². The molecule has 6 aromatic rings. The molecule has 0 heterocycles. The monoisotopic (exact) mass is 1040 g/mol. The molecule has 0 unspecified atom stereocenters. The fourth-order valence-corrected chi connectivity index (χ4v) is 10.7. The van der Waals surface area contributed by atoms with Gasteiger partial charge >= 0.3 is 5.97 Å². The highest BCUT2D eigenvalue weighted by molar-refractivity contribution is 5.74. The van der Waals surface area contributed by atoms with Gasteiger partial charge in [0.25, 0.3) is 0 Å². The lowest BCUT2D eigenvalue weighted by Crippen LogP contribution is -2.18. The number of esters is 1. The van der Waals surface area contributed by atoms with Gasteiger partial charge in [0.15, 0.2) is 0 Å². The maximum atomic E-state index is 13.9. The third-order valence-corrected chi connectivity index (χ3v) is 15.9. The van der Waals surface area contributed by atoms with Crippen molar-refractivity contribution in [2.75, 3.05) is 6.61 Å². The lowest BCUT2D eigenvalue weighted by atomic mass is 9.78. The summed E-state index contributed by atoms with van der Waals surface area (Å²) >= 11 is 0. The Balaban J connectivity index is 1.62. The summed E-state index contributed by atoms with van der Waals surface area (Å²) in [7, 11) is 0. The molecular weight excluding hydrogens is 953 g/mol. The maximum absolute atomic E-state index is 13.9. The van der Waals surface area contributed by atoms with E-state index in [0.29, 0.717) is 68.5 Å². The van der Waals surface area contributed by atoms with Crippen LogP contribution >= 0.6 is 0 Å². The SMILES string of the molecule is CCOC(=O)Cc1c2cc(C(C)(C)C)cc1Cc1cc(C(C)(C)C)cc(c1O)Cc1cc(C(C)(C)C)cc(c1O)Cc1cc(C(C)(C)C)cc(c1O)Cc1cc(C(C)(C)C)cc(c1O)Cc1cc(C(C)(C)C)cc(c1O)C2. The van der Waals surface area contributed by atoms with Crippen molar-refractivity contribution >= 4 is 5.97 Å². The average Bonchev–Trinajstić information content (AvgIpc) is 3.28. The molecule has 5 N–H and O–H groups in total. The number of aromatic hydroxyl groups is 5. The van der Waals surface area contributed by atoms with Crippen LogP contribution in [-0.4, -0.2) is 38.1 Å². The zero-order valence-electron chi connectivity index (χ0n) is 50.1. The van der Waals surface area contributed by atoms with Gasteiger partial charge in [-0.1, -0.05) is 197 Å². The Morgan fingerprint density at radius 1 is 0.325 bits per heavy atom. The molecule has 0 radical (unpaired) electrons. The molecular formula is C70H90O7. The van der Waals surface area contributed by atoms with Crippen molar-refractivity contribution in [1.82, 2.24) is 0 Å². The standard InChI is InChI=1S/C70H90O7/c1-20-77-59(71)39-58-40-21-42-29-53(66(5,6)7)31-44(60(42)72)23-46-33-55(68(11,12)13)35-48(62(46)74)25-50-37-57(70(17,18)19)38-51(64(50)76)26-49-36-56(69(14,15)16)34-47(63(49)75)24-45-32-54(67(8,9)10)30-43(61(45)73)22-41(58)28-52(27-40)65(2,3)4/h27-38,72-76H,20-26,39H2,1-19H3. The molecule has 0 amide bonds. The molecule has 0 atom stereocenters. The van der Waals surface area contributed by atoms with Gasteiger partial charge in [-0.3, -0.25) is 4.79 Å². The highest BCUT2D eigenvalue weighted by Crippen LogP contribution is 2.44. The summed E-state index contributed by atoms with van der Waals surface area (Å²) in [5.41, 5.74) is 13.5. The van der Waals surface area contributed by atoms with E-state index in [1.807, 2.05) is 31.2 Å². The third kappa shape index (κ3) is 13.0. The molecule has 7 nitrogen and oxygen atoms in total. The first-order valence-corrected chi connectivity index (χ1v) is 27.9. The number of phenols is 5. The molecule has 7 rings (SSSR count). The van der Waals surface area contributed by atoms with E-state index in [4.69, 9.17) is 4.74 Å². The van der Waals surface area contributed by atoms with Gasteiger partial charge in [0, 0.05) is 38.5 Å². The second-order valence-electron chi connectivity index (χ2n) is 28.5. The Kier molecular flexibility index (Phi) is 15.8. The van der Waals surface area contributed by atoms with Crippen molar-refractivity contribution in [1.29, 1.82) is 0 Å². The normalized spacial score (nSPS) is 14.0. The van der Waals surface area contributed by atoms with E-state index in [9.17, 15) is 30.3 Å². The van der Waals surface area contributed by atoms with E-state index in [-0.39, 0.29) is 106 Å². The first kappa shape index (κ1) is 58.5. The number of hydrogen-bond acceptors (Lipinski definition) is 7. The molecule has 1 aliphatic rings. The number of ether oxygens (including phenoxy) is 1. The van der Waals surface area contributed by atoms with Crippen LogP contribution in [0.15, 0.2) is 72.8 Å². The Hall–Kier alpha value is -6.21. The van der Waals surface area contributed by atoms with Gasteiger partial charge in [-0.05, 0) is 145 Å². The van der Waals surface area contributed by atoms with Crippen molar-refractivity contribution in [3.63, 3.8) is 0 Å². The van der Waals surface area contributed by atoms with Crippen LogP contribution in [0.3, 0.4) is 0 Å². The van der Waals surface area contributed by atoms with Crippen molar-refractivity contribution in [2.45, 2.75) is 209 Å². The van der Waals surface area contributed by atoms with Gasteiger partial charge in [-0.25, -0.2) is 0 Å². The van der Waals surface area contributed by atoms with Crippen LogP contribution in [0.5, 0.6) is 28.7 Å². The van der Waals surface area contributed by atoms with Crippen molar-refractivity contribution in [2.24, 2.45) is 0 Å². The van der Waals surface area contributed by atoms with Gasteiger partial charge in [-0.15, -0.1) is 0 Å². The molecule has 0 fully saturated rings. The van der Waals surface area contributed by atoms with Crippen LogP contribution < -0.4 is 0 Å². The highest BCUT2D eigenvalue weighted by atomic mass is 16.5. The van der Waals surface area contributed by atoms with E-state index in [0.717, 1.165) is 50.1 Å². The number of benzene rings is 6. The number of carbonyl (C=O) groups is 1. The highest BCUT2D eigenvalue weighted by Gasteiger charge is 2.30. The molecule has 0 saturated carbocycles. The summed E-state index contributed by atoms with van der Waals surface area (Å²) in [5.74, 6) is 0.213. The fourth-order valence-electron chi connectivity index (χ4n) is 10.7. The summed E-state index contributed by atoms with van der Waals surface area (Å²) in [6.45, 7) is 40.9. The van der Waals surface area contributed by atoms with Crippen molar-refractivity contribution in [3.05, 3.63) is 179 Å². The molecule has 412 valence electrons. The van der Waals surface area contributed by atoms with E-state index in [1.165, 1.54) is 0 Å². The molecule has 0 aliphatic heterocycles. The first-order valence-electron chi connectivity index (χ1n) is 27.9. The van der Waals surface area contributed by atoms with E-state index in [2.05, 4.69) is 173 Å². The summed E-state index contributed by atoms with van der Waals surface area (Å²) in [6, 6.07) is 24.9. The van der Waals surface area contributed by atoms with Gasteiger partial charge in [-0.2, -0.15) is 0 Å². The summed E-state index contributed by atoms with van der Waals surface area (Å²) in [5, 5.41) is 63.2. The molecule has 0 spiro atoms. The summed E-state index contributed by atoms with van der Waals surface area (Å²) < 4.78 is 5.68. The molecule has 0 aromatic heterocycles. The minimum Gasteiger partial charge on any atom is -0.507 e. The minimum atomic E-state index is -0.363. The molecule has 1 aliphatic carbocycles. The molecule has 12 bridgehead atoms. The van der Waals surface area contributed by atoms with Crippen LogP contribution in [0.25, 0.3) is 0 Å². The number of hydrogen-bond donors (Lipinski definition) is 5. The lowest BCUT2D eigenvalue weighted by Gasteiger charge is -2.27. The average molecular weight is 1040 g/mol. The van der Waals surface area contributed by atoms with Gasteiger partial charge in [0.05, 0.1) is 13.0 Å². The smallest absolute Gasteiger partial charge is 0.310 e. The number of fused-ring (bicyclic) bond motifs is 12. The predicted molar refractivity (Wildman–Crippen MR) is 316 cm³/mol. The third-order valence-electron chi connectivity index (χ3n) is 15.9. The van der Waals surface area contributed by atoms with E-state index in [1.54, 1.807) is 0 Å². The van der Waals surface area contributed by atoms with Gasteiger partial charge < -0.3 is 30.3 Å². The van der Waals surface area contributed by atoms with Crippen LogP contribution in [-0.2, 0) is 87.0 Å². The molecule has 77 heavy (non-hydrogen) atoms. The largest absolute Gasteiger partial charge is 0.507 e. The van der Waals surface area contributed by atoms with Crippen molar-refractivity contribution in [3.8, 4) is 28.7 Å². The number of carbonyl (C=O) groups excluding carboxylic acids is 1. The summed E-state index contributed by atoms with van der Waals surface area (Å²) in [6.07, 6.45) is 1.49. The number of rotatable bonds is 3. The van der Waals surface area contributed by atoms with Gasteiger partial charge in [0.1, 0.15) is 28.7 Å². The fraction of sp³-hybridized carbons (Fsp3) is 0.471. The topological polar surface area (TPSA) is 127 Å². The Morgan fingerprint density at radius 2 is 0.481 bits per heavy atom. The van der Waals surface area contributed by atoms with Gasteiger partial charge in [0.2, 0.25) is 0 Å². The van der Waals surface area contributed by atoms with E-state index < -0.39 is 0 Å². The van der Waals surface area contributed by atoms with E-state index >= 15 is 0 Å². The lowest BCUT2D eigenvalue weighted by molar-refractivity contribution is -0.142. The van der Waals surface area contributed by atoms with Crippen LogP contribution in [0.4, 0.5) is 0 Å². The zero-order valence-corrected chi connectivity index (χ0v) is 50.1. The van der Waals surface area contributed by atoms with Crippen LogP contribution in [0.1, 0.15) is 237 Å². The Bertz CT molecular complexity index is 3050. The minimum absolute atomic E-state index is 0.0105. The van der Waals surface area contributed by atoms with Crippen LogP contribution in [0, 0.1) is 0 Å². The maximum Gasteiger partial charge on any atom is 0.310 e. The second kappa shape index (κ2) is 20.9. The molecule has 6 aromatic carbocycles. The quantitative estimate of drug-likeness (QED) is 0.112. The molecule has 7 heteroatoms. The van der Waals surface area contributed by atoms with Crippen LogP contribution in [0.2, 0.25) is 0 Å². The number of phenolic OH excluding ortho intramolecular Hbond substituents is 5.